The molecule has 200 valence electrons. The summed E-state index contributed by atoms with van der Waals surface area (Å²) in [5.41, 5.74) is 2.22. The van der Waals surface area contributed by atoms with Gasteiger partial charge in [0.05, 0.1) is 19.9 Å². The summed E-state index contributed by atoms with van der Waals surface area (Å²) in [5, 5.41) is 2.69. The second kappa shape index (κ2) is 11.1. The first-order valence-electron chi connectivity index (χ1n) is 12.4. The van der Waals surface area contributed by atoms with E-state index in [0.717, 1.165) is 23.7 Å². The van der Waals surface area contributed by atoms with E-state index in [1.807, 2.05) is 23.1 Å². The topological polar surface area (TPSA) is 91.4 Å². The van der Waals surface area contributed by atoms with Gasteiger partial charge in [0.1, 0.15) is 22.2 Å². The third-order valence-electron chi connectivity index (χ3n) is 6.72. The highest BCUT2D eigenvalue weighted by Crippen LogP contribution is 2.37. The van der Waals surface area contributed by atoms with E-state index in [2.05, 4.69) is 22.3 Å². The molecule has 10 heteroatoms. The van der Waals surface area contributed by atoms with E-state index in [9.17, 15) is 14.4 Å². The van der Waals surface area contributed by atoms with Crippen molar-refractivity contribution in [2.45, 2.75) is 0 Å². The van der Waals surface area contributed by atoms with Crippen molar-refractivity contribution in [3.05, 3.63) is 89.1 Å². The number of nitrogens with one attached hydrogen (secondary N) is 1. The van der Waals surface area contributed by atoms with Gasteiger partial charge in [-0.15, -0.1) is 0 Å². The van der Waals surface area contributed by atoms with E-state index >= 15 is 0 Å². The number of halogens is 1. The van der Waals surface area contributed by atoms with Gasteiger partial charge < -0.3 is 24.6 Å². The Bertz CT molecular complexity index is 1450. The van der Waals surface area contributed by atoms with Crippen LogP contribution in [0.5, 0.6) is 11.5 Å². The molecule has 1 fully saturated rings. The molecule has 3 amide bonds. The number of rotatable bonds is 7. The van der Waals surface area contributed by atoms with Gasteiger partial charge in [-0.3, -0.25) is 14.4 Å². The lowest BCUT2D eigenvalue weighted by atomic mass is 10.1. The molecule has 3 aromatic carbocycles. The predicted octanol–water partition coefficient (Wildman–Crippen LogP) is 4.10. The second-order valence-electron chi connectivity index (χ2n) is 8.99. The lowest BCUT2D eigenvalue weighted by Gasteiger charge is -2.36. The first-order valence-corrected chi connectivity index (χ1v) is 12.8. The minimum absolute atomic E-state index is 0.0828. The van der Waals surface area contributed by atoms with Crippen molar-refractivity contribution in [1.29, 1.82) is 0 Å². The van der Waals surface area contributed by atoms with Crippen LogP contribution in [0.15, 0.2) is 83.5 Å². The predicted molar refractivity (Wildman–Crippen MR) is 150 cm³/mol. The Morgan fingerprint density at radius 1 is 0.846 bits per heavy atom. The maximum Gasteiger partial charge on any atom is 0.283 e. The van der Waals surface area contributed by atoms with E-state index in [1.165, 1.54) is 14.2 Å². The number of anilines is 3. The van der Waals surface area contributed by atoms with Crippen LogP contribution < -0.4 is 24.6 Å². The number of ether oxygens (including phenoxy) is 2. The molecule has 1 saturated heterocycles. The van der Waals surface area contributed by atoms with Gasteiger partial charge in [0.2, 0.25) is 0 Å². The molecule has 2 aliphatic heterocycles. The molecule has 2 heterocycles. The molecule has 2 aliphatic rings. The van der Waals surface area contributed by atoms with Crippen molar-refractivity contribution in [2.24, 2.45) is 0 Å². The molecule has 0 aliphatic carbocycles. The fourth-order valence-electron chi connectivity index (χ4n) is 4.66. The second-order valence-corrected chi connectivity index (χ2v) is 9.37. The van der Waals surface area contributed by atoms with Gasteiger partial charge >= 0.3 is 0 Å². The Hall–Kier alpha value is -4.50. The van der Waals surface area contributed by atoms with E-state index < -0.39 is 11.8 Å². The number of hydrogen-bond acceptors (Lipinski definition) is 7. The fraction of sp³-hybridized carbons (Fsp3) is 0.207. The molecule has 9 nitrogen and oxygen atoms in total. The first-order chi connectivity index (χ1) is 18.9. The lowest BCUT2D eigenvalue weighted by Crippen LogP contribution is -2.48. The zero-order chi connectivity index (χ0) is 27.5. The fourth-order valence-corrected chi connectivity index (χ4v) is 4.88. The van der Waals surface area contributed by atoms with Crippen molar-refractivity contribution in [2.75, 3.05) is 55.5 Å². The maximum absolute atomic E-state index is 13.3. The van der Waals surface area contributed by atoms with Crippen LogP contribution >= 0.6 is 11.6 Å². The molecular formula is C29H27ClN4O5. The number of carbonyl (C=O) groups is 3. The highest BCUT2D eigenvalue weighted by molar-refractivity contribution is 6.53. The zero-order valence-electron chi connectivity index (χ0n) is 21.5. The Labute approximate surface area is 231 Å². The minimum Gasteiger partial charge on any atom is -0.497 e. The molecule has 0 saturated carbocycles. The highest BCUT2D eigenvalue weighted by Gasteiger charge is 2.40. The number of methoxy groups -OCH3 is 2. The summed E-state index contributed by atoms with van der Waals surface area (Å²) in [5.74, 6) is -0.639. The molecule has 3 aromatic rings. The molecular weight excluding hydrogens is 520 g/mol. The molecule has 1 N–H and O–H groups in total. The van der Waals surface area contributed by atoms with Gasteiger partial charge in [0, 0.05) is 49.2 Å². The van der Waals surface area contributed by atoms with Crippen molar-refractivity contribution in [1.82, 2.24) is 4.90 Å². The average Bonchev–Trinajstić information content (AvgIpc) is 3.19. The number of carbonyl (C=O) groups excluding carboxylic acids is 3. The van der Waals surface area contributed by atoms with E-state index in [1.54, 1.807) is 42.5 Å². The monoisotopic (exact) mass is 546 g/mol. The van der Waals surface area contributed by atoms with Crippen molar-refractivity contribution in [3.63, 3.8) is 0 Å². The number of para-hydroxylation sites is 1. The Morgan fingerprint density at radius 2 is 1.59 bits per heavy atom. The Balaban J connectivity index is 1.30. The summed E-state index contributed by atoms with van der Waals surface area (Å²) in [7, 11) is 2.94. The molecule has 0 unspecified atom stereocenters. The quantitative estimate of drug-likeness (QED) is 0.446. The summed E-state index contributed by atoms with van der Waals surface area (Å²) in [6.07, 6.45) is 0. The summed E-state index contributed by atoms with van der Waals surface area (Å²) in [6, 6.07) is 21.7. The van der Waals surface area contributed by atoms with E-state index in [0.29, 0.717) is 30.1 Å². The van der Waals surface area contributed by atoms with Crippen LogP contribution in [0, 0.1) is 0 Å². The van der Waals surface area contributed by atoms with E-state index in [4.69, 9.17) is 21.1 Å². The van der Waals surface area contributed by atoms with Gasteiger partial charge in [0.25, 0.3) is 17.7 Å². The van der Waals surface area contributed by atoms with Crippen LogP contribution in [0.1, 0.15) is 10.4 Å². The van der Waals surface area contributed by atoms with Crippen molar-refractivity contribution in [3.8, 4) is 11.5 Å². The number of piperazine rings is 1. The van der Waals surface area contributed by atoms with E-state index in [-0.39, 0.29) is 28.1 Å². The summed E-state index contributed by atoms with van der Waals surface area (Å²) < 4.78 is 10.6. The first kappa shape index (κ1) is 26.1. The van der Waals surface area contributed by atoms with Crippen LogP contribution in [0.2, 0.25) is 0 Å². The molecule has 0 bridgehead atoms. The Morgan fingerprint density at radius 3 is 2.28 bits per heavy atom. The summed E-state index contributed by atoms with van der Waals surface area (Å²) in [4.78, 5) is 44.5. The SMILES string of the molecule is COc1ccc(N2C(=O)C(Cl)=C(Nc3cccc(C(=O)N4CCN(c5ccccc5)CC4)c3)C2=O)c(OC)c1. The molecule has 0 spiro atoms. The average molecular weight is 547 g/mol. The minimum atomic E-state index is -0.684. The van der Waals surface area contributed by atoms with Gasteiger partial charge in [0.15, 0.2) is 0 Å². The number of imide groups is 1. The smallest absolute Gasteiger partial charge is 0.283 e. The molecule has 39 heavy (non-hydrogen) atoms. The van der Waals surface area contributed by atoms with Crippen LogP contribution in [0.3, 0.4) is 0 Å². The van der Waals surface area contributed by atoms with Gasteiger partial charge in [-0.2, -0.15) is 0 Å². The van der Waals surface area contributed by atoms with Crippen molar-refractivity contribution >= 4 is 46.4 Å². The number of benzene rings is 3. The lowest BCUT2D eigenvalue weighted by molar-refractivity contribution is -0.120. The molecule has 0 aromatic heterocycles. The zero-order valence-corrected chi connectivity index (χ0v) is 22.3. The Kier molecular flexibility index (Phi) is 7.42. The third kappa shape index (κ3) is 5.13. The number of nitrogens with zero attached hydrogens (tertiary/aromatic N) is 3. The molecule has 0 radical (unpaired) electrons. The van der Waals surface area contributed by atoms with Crippen LogP contribution in [0.25, 0.3) is 0 Å². The van der Waals surface area contributed by atoms with Crippen LogP contribution in [0.4, 0.5) is 17.1 Å². The standard InChI is InChI=1S/C29H27ClN4O5/c1-38-22-11-12-23(24(18-22)39-2)34-28(36)25(30)26(29(34)37)31-20-8-6-7-19(17-20)27(35)33-15-13-32(14-16-33)21-9-4-3-5-10-21/h3-12,17-18,31H,13-16H2,1-2H3. The summed E-state index contributed by atoms with van der Waals surface area (Å²) in [6.45, 7) is 2.65. The van der Waals surface area contributed by atoms with Gasteiger partial charge in [-0.1, -0.05) is 35.9 Å². The van der Waals surface area contributed by atoms with Gasteiger partial charge in [-0.25, -0.2) is 4.90 Å². The molecule has 5 rings (SSSR count). The van der Waals surface area contributed by atoms with Crippen LogP contribution in [-0.4, -0.2) is 63.0 Å². The van der Waals surface area contributed by atoms with Crippen molar-refractivity contribution < 1.29 is 23.9 Å². The third-order valence-corrected chi connectivity index (χ3v) is 7.07. The largest absolute Gasteiger partial charge is 0.497 e. The van der Waals surface area contributed by atoms with Gasteiger partial charge in [-0.05, 0) is 42.5 Å². The molecule has 0 atom stereocenters. The maximum atomic E-state index is 13.3. The summed E-state index contributed by atoms with van der Waals surface area (Å²) >= 11 is 6.32. The number of amides is 3. The van der Waals surface area contributed by atoms with Crippen LogP contribution in [-0.2, 0) is 9.59 Å². The highest BCUT2D eigenvalue weighted by atomic mass is 35.5. The normalized spacial score (nSPS) is 15.6. The number of hydrogen-bond donors (Lipinski definition) is 1.